The summed E-state index contributed by atoms with van der Waals surface area (Å²) in [7, 11) is 0. The second-order valence-electron chi connectivity index (χ2n) is 6.39. The van der Waals surface area contributed by atoms with Crippen LogP contribution in [-0.2, 0) is 0 Å². The molecule has 0 aliphatic carbocycles. The second kappa shape index (κ2) is 8.43. The first-order valence-electron chi connectivity index (χ1n) is 8.93. The van der Waals surface area contributed by atoms with E-state index in [1.165, 1.54) is 6.26 Å². The third-order valence-corrected chi connectivity index (χ3v) is 4.81. The van der Waals surface area contributed by atoms with Gasteiger partial charge in [-0.3, -0.25) is 9.59 Å². The van der Waals surface area contributed by atoms with Gasteiger partial charge >= 0.3 is 0 Å². The number of aromatic nitrogens is 1. The molecule has 2 amide bonds. The van der Waals surface area contributed by atoms with Crippen molar-refractivity contribution in [2.24, 2.45) is 0 Å². The zero-order chi connectivity index (χ0) is 19.4. The lowest BCUT2D eigenvalue weighted by molar-refractivity contribution is 0.0689. The summed E-state index contributed by atoms with van der Waals surface area (Å²) >= 11 is 6.15. The Hall–Kier alpha value is -2.54. The van der Waals surface area contributed by atoms with Crippen molar-refractivity contribution in [3.8, 4) is 5.88 Å². The summed E-state index contributed by atoms with van der Waals surface area (Å²) in [6.07, 6.45) is 2.80. The van der Waals surface area contributed by atoms with Crippen molar-refractivity contribution < 1.29 is 18.7 Å². The van der Waals surface area contributed by atoms with E-state index in [4.69, 9.17) is 20.8 Å². The van der Waals surface area contributed by atoms with E-state index in [1.807, 2.05) is 13.8 Å². The summed E-state index contributed by atoms with van der Waals surface area (Å²) in [6.45, 7) is 5.16. The number of carbonyl (C=O) groups is 2. The van der Waals surface area contributed by atoms with E-state index in [0.717, 1.165) is 5.56 Å². The molecule has 0 unspecified atom stereocenters. The molecule has 144 valence electrons. The molecule has 1 saturated heterocycles. The fourth-order valence-corrected chi connectivity index (χ4v) is 3.22. The van der Waals surface area contributed by atoms with Gasteiger partial charge in [-0.15, -0.1) is 0 Å². The maximum Gasteiger partial charge on any atom is 0.287 e. The van der Waals surface area contributed by atoms with E-state index in [0.29, 0.717) is 49.2 Å². The summed E-state index contributed by atoms with van der Waals surface area (Å²) in [4.78, 5) is 30.9. The van der Waals surface area contributed by atoms with Gasteiger partial charge in [-0.25, -0.2) is 4.98 Å². The average Bonchev–Trinajstić information content (AvgIpc) is 3.10. The maximum atomic E-state index is 12.8. The molecule has 2 aromatic heterocycles. The fourth-order valence-electron chi connectivity index (χ4n) is 3.04. The number of nitrogens with zero attached hydrogens (tertiary/aromatic N) is 2. The molecule has 0 saturated carbocycles. The van der Waals surface area contributed by atoms with Crippen molar-refractivity contribution in [1.29, 1.82) is 0 Å². The molecule has 1 aliphatic heterocycles. The van der Waals surface area contributed by atoms with Crippen LogP contribution in [0.5, 0.6) is 5.88 Å². The minimum Gasteiger partial charge on any atom is -0.478 e. The van der Waals surface area contributed by atoms with Crippen LogP contribution in [0.4, 0.5) is 0 Å². The van der Waals surface area contributed by atoms with E-state index in [9.17, 15) is 9.59 Å². The van der Waals surface area contributed by atoms with E-state index in [-0.39, 0.29) is 23.6 Å². The van der Waals surface area contributed by atoms with Crippen LogP contribution in [0.2, 0.25) is 5.02 Å². The highest BCUT2D eigenvalue weighted by molar-refractivity contribution is 6.33. The zero-order valence-electron chi connectivity index (χ0n) is 15.3. The predicted molar refractivity (Wildman–Crippen MR) is 100 cm³/mol. The summed E-state index contributed by atoms with van der Waals surface area (Å²) in [6, 6.07) is 5.00. The standard InChI is InChI=1S/C19H22ClN3O4/c1-3-26-15-5-4-14(20)16(22-15)19(25)23-9-6-13(7-10-23)21-18(24)17-12(2)8-11-27-17/h4-5,8,11,13H,3,6-7,9-10H2,1-2H3,(H,21,24). The number of likely N-dealkylation sites (tertiary alicyclic amines) is 1. The lowest BCUT2D eigenvalue weighted by Crippen LogP contribution is -2.46. The third-order valence-electron chi connectivity index (χ3n) is 4.50. The summed E-state index contributed by atoms with van der Waals surface area (Å²) in [5.74, 6) is 0.253. The average molecular weight is 392 g/mol. The summed E-state index contributed by atoms with van der Waals surface area (Å²) in [5.41, 5.74) is 0.992. The van der Waals surface area contributed by atoms with E-state index < -0.39 is 0 Å². The first-order chi connectivity index (χ1) is 13.0. The number of hydrogen-bond acceptors (Lipinski definition) is 5. The highest BCUT2D eigenvalue weighted by Crippen LogP contribution is 2.22. The molecule has 27 heavy (non-hydrogen) atoms. The minimum absolute atomic E-state index is 0.00996. The Kier molecular flexibility index (Phi) is 6.01. The SMILES string of the molecule is CCOc1ccc(Cl)c(C(=O)N2CCC(NC(=O)c3occc3C)CC2)n1. The van der Waals surface area contributed by atoms with Gasteiger partial charge in [0.05, 0.1) is 17.9 Å². The van der Waals surface area contributed by atoms with Crippen LogP contribution in [0.1, 0.15) is 46.4 Å². The Morgan fingerprint density at radius 2 is 2.07 bits per heavy atom. The first kappa shape index (κ1) is 19.2. The summed E-state index contributed by atoms with van der Waals surface area (Å²) in [5, 5.41) is 3.26. The number of amides is 2. The molecule has 0 atom stereocenters. The number of hydrogen-bond donors (Lipinski definition) is 1. The summed E-state index contributed by atoms with van der Waals surface area (Å²) < 4.78 is 10.6. The number of furan rings is 1. The lowest BCUT2D eigenvalue weighted by atomic mass is 10.0. The third kappa shape index (κ3) is 4.42. The molecule has 1 N–H and O–H groups in total. The number of carbonyl (C=O) groups excluding carboxylic acids is 2. The number of rotatable bonds is 5. The largest absolute Gasteiger partial charge is 0.478 e. The van der Waals surface area contributed by atoms with Crippen LogP contribution in [0.25, 0.3) is 0 Å². The molecule has 0 radical (unpaired) electrons. The van der Waals surface area contributed by atoms with Crippen molar-refractivity contribution in [1.82, 2.24) is 15.2 Å². The van der Waals surface area contributed by atoms with Gasteiger partial charge in [-0.05, 0) is 38.8 Å². The van der Waals surface area contributed by atoms with Gasteiger partial charge in [0.2, 0.25) is 5.88 Å². The number of pyridine rings is 1. The Bertz CT molecular complexity index is 828. The van der Waals surface area contributed by atoms with Crippen molar-refractivity contribution >= 4 is 23.4 Å². The smallest absolute Gasteiger partial charge is 0.287 e. The number of ether oxygens (including phenoxy) is 1. The van der Waals surface area contributed by atoms with Crippen molar-refractivity contribution in [3.05, 3.63) is 46.5 Å². The molecule has 0 spiro atoms. The monoisotopic (exact) mass is 391 g/mol. The van der Waals surface area contributed by atoms with E-state index in [2.05, 4.69) is 10.3 Å². The van der Waals surface area contributed by atoms with E-state index >= 15 is 0 Å². The molecule has 1 fully saturated rings. The van der Waals surface area contributed by atoms with Crippen molar-refractivity contribution in [2.45, 2.75) is 32.7 Å². The van der Waals surface area contributed by atoms with Crippen molar-refractivity contribution in [2.75, 3.05) is 19.7 Å². The Morgan fingerprint density at radius 1 is 1.33 bits per heavy atom. The molecule has 1 aliphatic rings. The number of aryl methyl sites for hydroxylation is 1. The Balaban J connectivity index is 1.59. The number of nitrogens with one attached hydrogen (secondary N) is 1. The lowest BCUT2D eigenvalue weighted by Gasteiger charge is -2.32. The maximum absolute atomic E-state index is 12.8. The Labute approximate surface area is 162 Å². The zero-order valence-corrected chi connectivity index (χ0v) is 16.1. The molecule has 2 aromatic rings. The van der Waals surface area contributed by atoms with Gasteiger partial charge < -0.3 is 19.4 Å². The molecule has 7 nitrogen and oxygen atoms in total. The Morgan fingerprint density at radius 3 is 2.70 bits per heavy atom. The molecular weight excluding hydrogens is 370 g/mol. The number of piperidine rings is 1. The number of halogens is 1. The molecule has 3 rings (SSSR count). The van der Waals surface area contributed by atoms with Crippen LogP contribution in [0.3, 0.4) is 0 Å². The van der Waals surface area contributed by atoms with Gasteiger partial charge in [0.25, 0.3) is 11.8 Å². The van der Waals surface area contributed by atoms with Crippen LogP contribution in [-0.4, -0.2) is 47.4 Å². The highest BCUT2D eigenvalue weighted by Gasteiger charge is 2.27. The van der Waals surface area contributed by atoms with Crippen molar-refractivity contribution in [3.63, 3.8) is 0 Å². The molecule has 8 heteroatoms. The highest BCUT2D eigenvalue weighted by atomic mass is 35.5. The molecule has 0 aromatic carbocycles. The molecular formula is C19H22ClN3O4. The van der Waals surface area contributed by atoms with Gasteiger partial charge in [-0.2, -0.15) is 0 Å². The molecule has 3 heterocycles. The van der Waals surface area contributed by atoms with Gasteiger partial charge in [-0.1, -0.05) is 11.6 Å². The van der Waals surface area contributed by atoms with Crippen LogP contribution in [0, 0.1) is 6.92 Å². The van der Waals surface area contributed by atoms with E-state index in [1.54, 1.807) is 23.1 Å². The topological polar surface area (TPSA) is 84.7 Å². The normalized spacial score (nSPS) is 14.9. The first-order valence-corrected chi connectivity index (χ1v) is 9.31. The second-order valence-corrected chi connectivity index (χ2v) is 6.79. The predicted octanol–water partition coefficient (Wildman–Crippen LogP) is 3.07. The van der Waals surface area contributed by atoms with Gasteiger partial charge in [0.15, 0.2) is 11.5 Å². The van der Waals surface area contributed by atoms with Gasteiger partial charge in [0, 0.05) is 30.8 Å². The van der Waals surface area contributed by atoms with Crippen LogP contribution >= 0.6 is 11.6 Å². The quantitative estimate of drug-likeness (QED) is 0.846. The fraction of sp³-hybridized carbons (Fsp3) is 0.421. The van der Waals surface area contributed by atoms with Crippen LogP contribution < -0.4 is 10.1 Å². The minimum atomic E-state index is -0.229. The van der Waals surface area contributed by atoms with Crippen LogP contribution in [0.15, 0.2) is 28.9 Å². The molecule has 0 bridgehead atoms. The van der Waals surface area contributed by atoms with Gasteiger partial charge in [0.1, 0.15) is 0 Å².